The van der Waals surface area contributed by atoms with Gasteiger partial charge in [0.15, 0.2) is 0 Å². The Balaban J connectivity index is 2.15. The molecule has 1 aliphatic rings. The zero-order chi connectivity index (χ0) is 12.3. The topological polar surface area (TPSA) is 56.3 Å². The van der Waals surface area contributed by atoms with Gasteiger partial charge >= 0.3 is 0 Å². The smallest absolute Gasteiger partial charge is 0.0992 e. The number of likely N-dealkylation sites (N-methyl/N-ethyl adjacent to an activating group) is 1. The molecule has 0 aliphatic carbocycles. The van der Waals surface area contributed by atoms with Gasteiger partial charge in [-0.25, -0.2) is 0 Å². The Labute approximate surface area is 102 Å². The summed E-state index contributed by atoms with van der Waals surface area (Å²) >= 11 is 0. The molecule has 1 heterocycles. The number of nitrogens with two attached hydrogens (primary N) is 1. The molecule has 1 aromatic carbocycles. The van der Waals surface area contributed by atoms with Crippen molar-refractivity contribution >= 4 is 11.4 Å². The Bertz CT molecular complexity index is 428. The van der Waals surface area contributed by atoms with Crippen LogP contribution in [0.3, 0.4) is 0 Å². The van der Waals surface area contributed by atoms with Crippen LogP contribution in [0.1, 0.15) is 12.5 Å². The summed E-state index contributed by atoms with van der Waals surface area (Å²) in [5, 5.41) is 8.91. The van der Waals surface area contributed by atoms with E-state index in [9.17, 15) is 0 Å². The first-order valence-corrected chi connectivity index (χ1v) is 6.01. The second kappa shape index (κ2) is 5.07. The Morgan fingerprint density at radius 3 is 2.59 bits per heavy atom. The van der Waals surface area contributed by atoms with Crippen LogP contribution in [-0.2, 0) is 0 Å². The van der Waals surface area contributed by atoms with Crippen LogP contribution in [0.15, 0.2) is 18.2 Å². The number of piperazine rings is 1. The first kappa shape index (κ1) is 11.7. The van der Waals surface area contributed by atoms with Crippen LogP contribution in [0.5, 0.6) is 0 Å². The fraction of sp³-hybridized carbons (Fsp3) is 0.462. The fourth-order valence-electron chi connectivity index (χ4n) is 2.19. The zero-order valence-electron chi connectivity index (χ0n) is 10.2. The SMILES string of the molecule is CCN1CCN(c2cc(C#N)ccc2N)CC1. The van der Waals surface area contributed by atoms with E-state index in [0.717, 1.165) is 44.1 Å². The van der Waals surface area contributed by atoms with Gasteiger partial charge < -0.3 is 15.5 Å². The molecule has 0 radical (unpaired) electrons. The highest BCUT2D eigenvalue weighted by Gasteiger charge is 2.17. The maximum Gasteiger partial charge on any atom is 0.0992 e. The van der Waals surface area contributed by atoms with E-state index >= 15 is 0 Å². The zero-order valence-corrected chi connectivity index (χ0v) is 10.2. The van der Waals surface area contributed by atoms with E-state index in [4.69, 9.17) is 11.0 Å². The molecule has 90 valence electrons. The Morgan fingerprint density at radius 2 is 2.00 bits per heavy atom. The van der Waals surface area contributed by atoms with Crippen LogP contribution in [-0.4, -0.2) is 37.6 Å². The molecule has 1 fully saturated rings. The van der Waals surface area contributed by atoms with Crippen LogP contribution in [0, 0.1) is 11.3 Å². The molecule has 0 unspecified atom stereocenters. The third kappa shape index (κ3) is 2.51. The van der Waals surface area contributed by atoms with Gasteiger partial charge in [-0.2, -0.15) is 5.26 Å². The summed E-state index contributed by atoms with van der Waals surface area (Å²) in [6, 6.07) is 7.63. The molecule has 0 aromatic heterocycles. The summed E-state index contributed by atoms with van der Waals surface area (Å²) < 4.78 is 0. The molecule has 0 spiro atoms. The maximum absolute atomic E-state index is 8.91. The minimum Gasteiger partial charge on any atom is -0.397 e. The molecule has 0 atom stereocenters. The minimum atomic E-state index is 0.673. The van der Waals surface area contributed by atoms with Gasteiger partial charge in [0.25, 0.3) is 0 Å². The first-order valence-electron chi connectivity index (χ1n) is 6.01. The lowest BCUT2D eigenvalue weighted by Gasteiger charge is -2.36. The van der Waals surface area contributed by atoms with Crippen molar-refractivity contribution in [2.75, 3.05) is 43.4 Å². The Hall–Kier alpha value is -1.73. The predicted molar refractivity (Wildman–Crippen MR) is 69.9 cm³/mol. The first-order chi connectivity index (χ1) is 8.24. The summed E-state index contributed by atoms with van der Waals surface area (Å²) in [6.07, 6.45) is 0. The number of nitriles is 1. The average Bonchev–Trinajstić information content (AvgIpc) is 2.39. The number of hydrogen-bond acceptors (Lipinski definition) is 4. The molecular weight excluding hydrogens is 212 g/mol. The number of rotatable bonds is 2. The third-order valence-electron chi connectivity index (χ3n) is 3.32. The van der Waals surface area contributed by atoms with Crippen molar-refractivity contribution in [1.29, 1.82) is 5.26 Å². The van der Waals surface area contributed by atoms with Crippen molar-refractivity contribution in [1.82, 2.24) is 4.90 Å². The second-order valence-corrected chi connectivity index (χ2v) is 4.31. The lowest BCUT2D eigenvalue weighted by molar-refractivity contribution is 0.271. The van der Waals surface area contributed by atoms with Gasteiger partial charge in [-0.15, -0.1) is 0 Å². The molecule has 2 rings (SSSR count). The molecule has 4 nitrogen and oxygen atoms in total. The number of benzene rings is 1. The molecule has 2 N–H and O–H groups in total. The number of anilines is 2. The summed E-state index contributed by atoms with van der Waals surface area (Å²) in [5.74, 6) is 0. The molecule has 0 amide bonds. The van der Waals surface area contributed by atoms with E-state index in [-0.39, 0.29) is 0 Å². The van der Waals surface area contributed by atoms with E-state index in [2.05, 4.69) is 22.8 Å². The van der Waals surface area contributed by atoms with Gasteiger partial charge in [0.05, 0.1) is 23.0 Å². The minimum absolute atomic E-state index is 0.673. The quantitative estimate of drug-likeness (QED) is 0.778. The van der Waals surface area contributed by atoms with Crippen LogP contribution in [0.4, 0.5) is 11.4 Å². The van der Waals surface area contributed by atoms with Gasteiger partial charge in [0.2, 0.25) is 0 Å². The summed E-state index contributed by atoms with van der Waals surface area (Å²) in [7, 11) is 0. The third-order valence-corrected chi connectivity index (χ3v) is 3.32. The fourth-order valence-corrected chi connectivity index (χ4v) is 2.19. The van der Waals surface area contributed by atoms with Crippen molar-refractivity contribution in [3.05, 3.63) is 23.8 Å². The molecule has 0 bridgehead atoms. The van der Waals surface area contributed by atoms with Crippen LogP contribution >= 0.6 is 0 Å². The van der Waals surface area contributed by atoms with Gasteiger partial charge in [-0.3, -0.25) is 0 Å². The van der Waals surface area contributed by atoms with Gasteiger partial charge in [-0.1, -0.05) is 6.92 Å². The largest absolute Gasteiger partial charge is 0.397 e. The van der Waals surface area contributed by atoms with Gasteiger partial charge in [-0.05, 0) is 24.7 Å². The highest BCUT2D eigenvalue weighted by molar-refractivity contribution is 5.69. The molecule has 17 heavy (non-hydrogen) atoms. The Morgan fingerprint density at radius 1 is 1.29 bits per heavy atom. The van der Waals surface area contributed by atoms with Crippen molar-refractivity contribution < 1.29 is 0 Å². The van der Waals surface area contributed by atoms with E-state index in [1.54, 1.807) is 6.07 Å². The monoisotopic (exact) mass is 230 g/mol. The van der Waals surface area contributed by atoms with Crippen LogP contribution < -0.4 is 10.6 Å². The highest BCUT2D eigenvalue weighted by Crippen LogP contribution is 2.25. The maximum atomic E-state index is 8.91. The summed E-state index contributed by atoms with van der Waals surface area (Å²) in [4.78, 5) is 4.68. The van der Waals surface area contributed by atoms with E-state index in [1.807, 2.05) is 12.1 Å². The molecule has 0 saturated carbocycles. The normalized spacial score (nSPS) is 16.8. The van der Waals surface area contributed by atoms with Gasteiger partial charge in [0.1, 0.15) is 0 Å². The second-order valence-electron chi connectivity index (χ2n) is 4.31. The van der Waals surface area contributed by atoms with Crippen molar-refractivity contribution in [2.45, 2.75) is 6.92 Å². The summed E-state index contributed by atoms with van der Waals surface area (Å²) in [5.41, 5.74) is 8.41. The van der Waals surface area contributed by atoms with Crippen molar-refractivity contribution in [2.24, 2.45) is 0 Å². The predicted octanol–water partition coefficient (Wildman–Crippen LogP) is 1.28. The molecule has 1 aliphatic heterocycles. The van der Waals surface area contributed by atoms with E-state index in [0.29, 0.717) is 5.56 Å². The van der Waals surface area contributed by atoms with Crippen LogP contribution in [0.2, 0.25) is 0 Å². The van der Waals surface area contributed by atoms with E-state index in [1.165, 1.54) is 0 Å². The molecular formula is C13H18N4. The highest BCUT2D eigenvalue weighted by atomic mass is 15.3. The van der Waals surface area contributed by atoms with Crippen molar-refractivity contribution in [3.8, 4) is 6.07 Å². The lowest BCUT2D eigenvalue weighted by atomic mass is 10.1. The van der Waals surface area contributed by atoms with E-state index < -0.39 is 0 Å². The van der Waals surface area contributed by atoms with Crippen LogP contribution in [0.25, 0.3) is 0 Å². The number of nitrogens with zero attached hydrogens (tertiary/aromatic N) is 3. The Kier molecular flexibility index (Phi) is 3.50. The lowest BCUT2D eigenvalue weighted by Crippen LogP contribution is -2.46. The standard InChI is InChI=1S/C13H18N4/c1-2-16-5-7-17(8-6-16)13-9-11(10-14)3-4-12(13)15/h3-4,9H,2,5-8,15H2,1H3. The molecule has 1 saturated heterocycles. The van der Waals surface area contributed by atoms with Crippen molar-refractivity contribution in [3.63, 3.8) is 0 Å². The number of hydrogen-bond donors (Lipinski definition) is 1. The average molecular weight is 230 g/mol. The molecule has 1 aromatic rings. The van der Waals surface area contributed by atoms with Gasteiger partial charge in [0, 0.05) is 26.2 Å². The number of nitrogen functional groups attached to an aromatic ring is 1. The summed E-state index contributed by atoms with van der Waals surface area (Å²) in [6.45, 7) is 7.36. The molecule has 4 heteroatoms.